The Kier molecular flexibility index (Phi) is 4.42. The molecule has 0 fully saturated rings. The molecule has 0 bridgehead atoms. The van der Waals surface area contributed by atoms with Crippen LogP contribution in [0.25, 0.3) is 71.7 Å². The first-order valence-corrected chi connectivity index (χ1v) is 14.3. The van der Waals surface area contributed by atoms with Crippen molar-refractivity contribution in [2.45, 2.75) is 19.3 Å². The van der Waals surface area contributed by atoms with Gasteiger partial charge in [-0.15, -0.1) is 0 Å². The molecular formula is C39H27NO. The molecule has 2 heteroatoms. The van der Waals surface area contributed by atoms with Crippen LogP contribution in [0.5, 0.6) is 0 Å². The highest BCUT2D eigenvalue weighted by atomic mass is 16.3. The molecule has 9 rings (SSSR count). The van der Waals surface area contributed by atoms with Crippen molar-refractivity contribution in [1.82, 2.24) is 4.57 Å². The SMILES string of the molecule is CC1(C)c2ccccc2-c2c1c1c3ccccc3oc1c1c3ccccc3n(-c3ccc(-c4ccccc4)cc3)c21. The van der Waals surface area contributed by atoms with Crippen molar-refractivity contribution in [1.29, 1.82) is 0 Å². The number of nitrogens with zero attached hydrogens (tertiary/aromatic N) is 1. The van der Waals surface area contributed by atoms with E-state index in [2.05, 4.69) is 146 Å². The number of rotatable bonds is 2. The van der Waals surface area contributed by atoms with Gasteiger partial charge in [0.05, 0.1) is 16.4 Å². The van der Waals surface area contributed by atoms with Crippen LogP contribution in [0, 0.1) is 0 Å². The van der Waals surface area contributed by atoms with Gasteiger partial charge in [-0.05, 0) is 52.1 Å². The maximum absolute atomic E-state index is 6.80. The molecule has 0 saturated carbocycles. The second-order valence-electron chi connectivity index (χ2n) is 11.7. The minimum absolute atomic E-state index is 0.177. The molecule has 0 unspecified atom stereocenters. The summed E-state index contributed by atoms with van der Waals surface area (Å²) in [5.74, 6) is 0. The molecule has 1 aliphatic rings. The summed E-state index contributed by atoms with van der Waals surface area (Å²) in [6, 6.07) is 45.8. The summed E-state index contributed by atoms with van der Waals surface area (Å²) in [7, 11) is 0. The standard InChI is InChI=1S/C39H27NO/c1-39(2)30-17-9-6-14-27(30)33-36(39)34-29-16-8-11-19-32(29)41-38(34)35-28-15-7-10-18-31(28)40(37(33)35)26-22-20-25(21-23-26)24-12-4-3-5-13-24/h3-23H,1-2H3. The van der Waals surface area contributed by atoms with E-state index in [9.17, 15) is 0 Å². The van der Waals surface area contributed by atoms with Gasteiger partial charge >= 0.3 is 0 Å². The van der Waals surface area contributed by atoms with Gasteiger partial charge in [-0.1, -0.05) is 117 Å². The summed E-state index contributed by atoms with van der Waals surface area (Å²) >= 11 is 0. The number of hydrogen-bond donors (Lipinski definition) is 0. The van der Waals surface area contributed by atoms with Gasteiger partial charge in [-0.3, -0.25) is 0 Å². The lowest BCUT2D eigenvalue weighted by Gasteiger charge is -2.22. The second-order valence-corrected chi connectivity index (χ2v) is 11.7. The van der Waals surface area contributed by atoms with Crippen LogP contribution < -0.4 is 0 Å². The summed E-state index contributed by atoms with van der Waals surface area (Å²) in [4.78, 5) is 0. The van der Waals surface area contributed by atoms with Crippen molar-refractivity contribution in [3.8, 4) is 27.9 Å². The molecule has 0 atom stereocenters. The quantitative estimate of drug-likeness (QED) is 0.219. The molecule has 0 saturated heterocycles. The van der Waals surface area contributed by atoms with Gasteiger partial charge in [0.1, 0.15) is 11.2 Å². The normalized spacial score (nSPS) is 13.8. The van der Waals surface area contributed by atoms with E-state index in [0.717, 1.165) is 16.9 Å². The van der Waals surface area contributed by atoms with Crippen LogP contribution in [0.3, 0.4) is 0 Å². The van der Waals surface area contributed by atoms with E-state index < -0.39 is 0 Å². The topological polar surface area (TPSA) is 18.1 Å². The number of furan rings is 1. The Labute approximate surface area is 238 Å². The molecule has 1 aliphatic carbocycles. The number of fused-ring (bicyclic) bond motifs is 12. The van der Waals surface area contributed by atoms with Crippen molar-refractivity contribution in [2.75, 3.05) is 0 Å². The Morgan fingerprint density at radius 2 is 1.24 bits per heavy atom. The predicted molar refractivity (Wildman–Crippen MR) is 171 cm³/mol. The predicted octanol–water partition coefficient (Wildman–Crippen LogP) is 10.7. The lowest BCUT2D eigenvalue weighted by molar-refractivity contribution is 0.659. The Balaban J connectivity index is 1.50. The fraction of sp³-hybridized carbons (Fsp3) is 0.0769. The van der Waals surface area contributed by atoms with Gasteiger partial charge in [-0.25, -0.2) is 0 Å². The lowest BCUT2D eigenvalue weighted by atomic mass is 9.80. The van der Waals surface area contributed by atoms with Crippen molar-refractivity contribution in [2.24, 2.45) is 0 Å². The van der Waals surface area contributed by atoms with Gasteiger partial charge in [0.2, 0.25) is 0 Å². The number of hydrogen-bond acceptors (Lipinski definition) is 1. The Morgan fingerprint density at radius 1 is 0.585 bits per heavy atom. The maximum Gasteiger partial charge on any atom is 0.145 e. The van der Waals surface area contributed by atoms with E-state index in [1.165, 1.54) is 66.0 Å². The van der Waals surface area contributed by atoms with Crippen molar-refractivity contribution < 1.29 is 4.42 Å². The van der Waals surface area contributed by atoms with Gasteiger partial charge in [0.25, 0.3) is 0 Å². The molecule has 0 radical (unpaired) electrons. The second kappa shape index (κ2) is 7.99. The van der Waals surface area contributed by atoms with Gasteiger partial charge < -0.3 is 8.98 Å². The zero-order chi connectivity index (χ0) is 27.3. The number of aromatic nitrogens is 1. The van der Waals surface area contributed by atoms with Crippen molar-refractivity contribution in [3.63, 3.8) is 0 Å². The highest BCUT2D eigenvalue weighted by molar-refractivity contribution is 6.29. The first-order valence-electron chi connectivity index (χ1n) is 14.3. The molecule has 2 nitrogen and oxygen atoms in total. The van der Waals surface area contributed by atoms with Crippen LogP contribution in [-0.4, -0.2) is 4.57 Å². The molecule has 0 spiro atoms. The molecule has 194 valence electrons. The van der Waals surface area contributed by atoms with Gasteiger partial charge in [-0.2, -0.15) is 0 Å². The Hall–Kier alpha value is -5.08. The van der Waals surface area contributed by atoms with E-state index in [1.54, 1.807) is 0 Å². The smallest absolute Gasteiger partial charge is 0.145 e. The van der Waals surface area contributed by atoms with Crippen molar-refractivity contribution in [3.05, 3.63) is 139 Å². The fourth-order valence-electron chi connectivity index (χ4n) is 7.39. The summed E-state index contributed by atoms with van der Waals surface area (Å²) in [5, 5.41) is 4.83. The molecule has 2 heterocycles. The Morgan fingerprint density at radius 3 is 2.07 bits per heavy atom. The van der Waals surface area contributed by atoms with E-state index in [4.69, 9.17) is 4.42 Å². The van der Waals surface area contributed by atoms with Crippen LogP contribution in [0.4, 0.5) is 0 Å². The summed E-state index contributed by atoms with van der Waals surface area (Å²) in [6.45, 7) is 4.73. The molecule has 0 amide bonds. The third kappa shape index (κ3) is 2.92. The number of benzene rings is 6. The number of para-hydroxylation sites is 2. The van der Waals surface area contributed by atoms with E-state index in [1.807, 2.05) is 0 Å². The van der Waals surface area contributed by atoms with Crippen LogP contribution in [0.2, 0.25) is 0 Å². The average molecular weight is 526 g/mol. The largest absolute Gasteiger partial charge is 0.455 e. The van der Waals surface area contributed by atoms with E-state index in [0.29, 0.717) is 0 Å². The summed E-state index contributed by atoms with van der Waals surface area (Å²) in [6.07, 6.45) is 0. The Bertz CT molecular complexity index is 2310. The van der Waals surface area contributed by atoms with Gasteiger partial charge in [0.15, 0.2) is 0 Å². The lowest BCUT2D eigenvalue weighted by Crippen LogP contribution is -2.15. The maximum atomic E-state index is 6.80. The summed E-state index contributed by atoms with van der Waals surface area (Å²) in [5.41, 5.74) is 13.1. The first kappa shape index (κ1) is 22.7. The van der Waals surface area contributed by atoms with Crippen LogP contribution in [0.1, 0.15) is 25.0 Å². The molecule has 0 N–H and O–H groups in total. The zero-order valence-corrected chi connectivity index (χ0v) is 23.0. The average Bonchev–Trinajstić information content (AvgIpc) is 3.64. The monoisotopic (exact) mass is 525 g/mol. The molecular weight excluding hydrogens is 498 g/mol. The third-order valence-corrected chi connectivity index (χ3v) is 9.16. The highest BCUT2D eigenvalue weighted by Crippen LogP contribution is 2.57. The van der Waals surface area contributed by atoms with Crippen LogP contribution in [0.15, 0.2) is 132 Å². The molecule has 41 heavy (non-hydrogen) atoms. The molecule has 8 aromatic rings. The van der Waals surface area contributed by atoms with E-state index in [-0.39, 0.29) is 5.41 Å². The van der Waals surface area contributed by atoms with E-state index >= 15 is 0 Å². The van der Waals surface area contributed by atoms with Crippen LogP contribution >= 0.6 is 0 Å². The minimum Gasteiger partial charge on any atom is -0.455 e. The van der Waals surface area contributed by atoms with Gasteiger partial charge in [0, 0.05) is 32.8 Å². The highest BCUT2D eigenvalue weighted by Gasteiger charge is 2.41. The zero-order valence-electron chi connectivity index (χ0n) is 23.0. The van der Waals surface area contributed by atoms with Crippen molar-refractivity contribution >= 4 is 43.7 Å². The molecule has 2 aromatic heterocycles. The molecule has 6 aromatic carbocycles. The molecule has 0 aliphatic heterocycles. The first-order chi connectivity index (χ1) is 20.1. The third-order valence-electron chi connectivity index (χ3n) is 9.16. The fourth-order valence-corrected chi connectivity index (χ4v) is 7.39. The minimum atomic E-state index is -0.177. The summed E-state index contributed by atoms with van der Waals surface area (Å²) < 4.78 is 9.27. The van der Waals surface area contributed by atoms with Crippen LogP contribution in [-0.2, 0) is 5.41 Å².